The van der Waals surface area contributed by atoms with Gasteiger partial charge in [-0.25, -0.2) is 0 Å². The van der Waals surface area contributed by atoms with Gasteiger partial charge in [0.15, 0.2) is 0 Å². The first-order valence-corrected chi connectivity index (χ1v) is 5.57. The van der Waals surface area contributed by atoms with Crippen molar-refractivity contribution >= 4 is 17.4 Å². The maximum atomic E-state index is 9.94. The van der Waals surface area contributed by atoms with Crippen LogP contribution in [0.1, 0.15) is 11.1 Å². The Morgan fingerprint density at radius 3 is 2.59 bits per heavy atom. The summed E-state index contributed by atoms with van der Waals surface area (Å²) in [4.78, 5) is 0. The van der Waals surface area contributed by atoms with Crippen molar-refractivity contribution in [3.05, 3.63) is 28.4 Å². The zero-order valence-corrected chi connectivity index (χ0v) is 10.7. The molecule has 0 radical (unpaired) electrons. The highest BCUT2D eigenvalue weighted by Gasteiger charge is 2.17. The fourth-order valence-electron chi connectivity index (χ4n) is 1.89. The number of nitrogens with two attached hydrogens (primary N) is 1. The van der Waals surface area contributed by atoms with Crippen LogP contribution in [0.25, 0.3) is 11.1 Å². The third kappa shape index (κ3) is 1.74. The average molecular weight is 252 g/mol. The van der Waals surface area contributed by atoms with E-state index in [-0.39, 0.29) is 5.75 Å². The van der Waals surface area contributed by atoms with Crippen LogP contribution in [0.2, 0.25) is 5.02 Å². The van der Waals surface area contributed by atoms with E-state index < -0.39 is 0 Å². The van der Waals surface area contributed by atoms with Gasteiger partial charge in [-0.15, -0.1) is 0 Å². The molecule has 2 rings (SSSR count). The van der Waals surface area contributed by atoms with Gasteiger partial charge in [0.05, 0.1) is 6.20 Å². The van der Waals surface area contributed by atoms with Crippen LogP contribution >= 0.6 is 11.6 Å². The minimum Gasteiger partial charge on any atom is -0.507 e. The molecule has 2 aromatic rings. The number of halogens is 1. The molecule has 0 bridgehead atoms. The van der Waals surface area contributed by atoms with Crippen LogP contribution in [-0.2, 0) is 7.05 Å². The van der Waals surface area contributed by atoms with Crippen molar-refractivity contribution in [2.45, 2.75) is 13.8 Å². The van der Waals surface area contributed by atoms with E-state index in [0.29, 0.717) is 10.8 Å². The number of benzene rings is 1. The zero-order chi connectivity index (χ0) is 12.7. The fraction of sp³-hybridized carbons (Fsp3) is 0.250. The molecule has 0 atom stereocenters. The number of nitrogens with zero attached hydrogens (tertiary/aromatic N) is 2. The quantitative estimate of drug-likeness (QED) is 0.819. The van der Waals surface area contributed by atoms with E-state index in [9.17, 15) is 5.11 Å². The molecule has 0 spiro atoms. The number of phenolic OH excluding ortho intramolecular Hbond substituents is 1. The molecule has 0 saturated carbocycles. The second-order valence-corrected chi connectivity index (χ2v) is 4.50. The maximum absolute atomic E-state index is 9.94. The molecule has 17 heavy (non-hydrogen) atoms. The highest BCUT2D eigenvalue weighted by Crippen LogP contribution is 2.39. The summed E-state index contributed by atoms with van der Waals surface area (Å²) in [5.74, 6) is 0.769. The van der Waals surface area contributed by atoms with Crippen LogP contribution in [0.3, 0.4) is 0 Å². The summed E-state index contributed by atoms with van der Waals surface area (Å²) in [6.45, 7) is 3.63. The molecular weight excluding hydrogens is 238 g/mol. The van der Waals surface area contributed by atoms with Crippen molar-refractivity contribution in [1.82, 2.24) is 9.78 Å². The highest BCUT2D eigenvalue weighted by atomic mass is 35.5. The monoisotopic (exact) mass is 251 g/mol. The number of aromatic nitrogens is 2. The minimum atomic E-state index is 0.243. The molecule has 90 valence electrons. The SMILES string of the molecule is Cc1cc(Cl)c(-c2cnn(C)c2N)c(C)c1O. The molecule has 4 nitrogen and oxygen atoms in total. The van der Waals surface area contributed by atoms with Gasteiger partial charge in [0.25, 0.3) is 0 Å². The summed E-state index contributed by atoms with van der Waals surface area (Å²) in [6.07, 6.45) is 1.65. The van der Waals surface area contributed by atoms with Gasteiger partial charge >= 0.3 is 0 Å². The predicted molar refractivity (Wildman–Crippen MR) is 69.2 cm³/mol. The lowest BCUT2D eigenvalue weighted by Gasteiger charge is -2.12. The minimum absolute atomic E-state index is 0.243. The van der Waals surface area contributed by atoms with Crippen molar-refractivity contribution in [2.24, 2.45) is 7.05 Å². The molecule has 0 aliphatic heterocycles. The van der Waals surface area contributed by atoms with Crippen molar-refractivity contribution in [2.75, 3.05) is 5.73 Å². The number of nitrogen functional groups attached to an aromatic ring is 1. The Morgan fingerprint density at radius 1 is 1.41 bits per heavy atom. The van der Waals surface area contributed by atoms with Gasteiger partial charge in [-0.2, -0.15) is 5.10 Å². The van der Waals surface area contributed by atoms with Crippen LogP contribution in [0.15, 0.2) is 12.3 Å². The van der Waals surface area contributed by atoms with Crippen molar-refractivity contribution < 1.29 is 5.11 Å². The number of anilines is 1. The third-order valence-electron chi connectivity index (χ3n) is 2.94. The summed E-state index contributed by atoms with van der Waals surface area (Å²) in [7, 11) is 1.76. The van der Waals surface area contributed by atoms with E-state index in [1.807, 2.05) is 13.8 Å². The van der Waals surface area contributed by atoms with Gasteiger partial charge in [0, 0.05) is 28.8 Å². The molecule has 1 aromatic heterocycles. The first kappa shape index (κ1) is 11.8. The van der Waals surface area contributed by atoms with E-state index in [4.69, 9.17) is 17.3 Å². The summed E-state index contributed by atoms with van der Waals surface area (Å²) in [6, 6.07) is 1.73. The smallest absolute Gasteiger partial charge is 0.129 e. The average Bonchev–Trinajstić information content (AvgIpc) is 2.58. The summed E-state index contributed by atoms with van der Waals surface area (Å²) < 4.78 is 1.57. The van der Waals surface area contributed by atoms with Gasteiger partial charge in [-0.05, 0) is 25.5 Å². The van der Waals surface area contributed by atoms with E-state index in [0.717, 1.165) is 22.3 Å². The topological polar surface area (TPSA) is 64.1 Å². The molecular formula is C12H14ClN3O. The Labute approximate surface area is 105 Å². The number of hydrogen-bond donors (Lipinski definition) is 2. The standard InChI is InChI=1S/C12H14ClN3O/c1-6-4-9(13)10(7(2)11(6)17)8-5-15-16(3)12(8)14/h4-5,17H,14H2,1-3H3. The number of aryl methyl sites for hydroxylation is 2. The van der Waals surface area contributed by atoms with Crippen LogP contribution in [0.4, 0.5) is 5.82 Å². The van der Waals surface area contributed by atoms with Gasteiger partial charge in [-0.3, -0.25) is 4.68 Å². The largest absolute Gasteiger partial charge is 0.507 e. The van der Waals surface area contributed by atoms with Crippen molar-refractivity contribution in [1.29, 1.82) is 0 Å². The number of phenols is 1. The van der Waals surface area contributed by atoms with Gasteiger partial charge < -0.3 is 10.8 Å². The van der Waals surface area contributed by atoms with E-state index in [1.54, 1.807) is 24.0 Å². The van der Waals surface area contributed by atoms with Crippen molar-refractivity contribution in [3.63, 3.8) is 0 Å². The molecule has 0 aliphatic rings. The van der Waals surface area contributed by atoms with Crippen LogP contribution in [0, 0.1) is 13.8 Å². The molecule has 3 N–H and O–H groups in total. The molecule has 0 fully saturated rings. The Bertz CT molecular complexity index is 590. The molecule has 0 saturated heterocycles. The van der Waals surface area contributed by atoms with E-state index >= 15 is 0 Å². The Morgan fingerprint density at radius 2 is 2.06 bits per heavy atom. The first-order chi connectivity index (χ1) is 7.93. The molecule has 5 heteroatoms. The second-order valence-electron chi connectivity index (χ2n) is 4.09. The van der Waals surface area contributed by atoms with Crippen LogP contribution in [-0.4, -0.2) is 14.9 Å². The Kier molecular flexibility index (Phi) is 2.75. The van der Waals surface area contributed by atoms with E-state index in [2.05, 4.69) is 5.10 Å². The molecule has 1 aromatic carbocycles. The third-order valence-corrected chi connectivity index (χ3v) is 3.24. The lowest BCUT2D eigenvalue weighted by atomic mass is 9.99. The normalized spacial score (nSPS) is 10.8. The summed E-state index contributed by atoms with van der Waals surface area (Å²) in [5.41, 5.74) is 8.86. The zero-order valence-electron chi connectivity index (χ0n) is 9.95. The lowest BCUT2D eigenvalue weighted by Crippen LogP contribution is -1.99. The second kappa shape index (κ2) is 3.96. The van der Waals surface area contributed by atoms with E-state index in [1.165, 1.54) is 0 Å². The molecule has 0 unspecified atom stereocenters. The Balaban J connectivity index is 2.76. The maximum Gasteiger partial charge on any atom is 0.129 e. The van der Waals surface area contributed by atoms with Gasteiger partial charge in [0.2, 0.25) is 0 Å². The first-order valence-electron chi connectivity index (χ1n) is 5.20. The van der Waals surface area contributed by atoms with Crippen LogP contribution in [0.5, 0.6) is 5.75 Å². The summed E-state index contributed by atoms with van der Waals surface area (Å²) in [5, 5.41) is 14.6. The lowest BCUT2D eigenvalue weighted by molar-refractivity contribution is 0.467. The van der Waals surface area contributed by atoms with Gasteiger partial charge in [-0.1, -0.05) is 11.6 Å². The van der Waals surface area contributed by atoms with Crippen molar-refractivity contribution in [3.8, 4) is 16.9 Å². The fourth-order valence-corrected chi connectivity index (χ4v) is 2.30. The number of rotatable bonds is 1. The number of hydrogen-bond acceptors (Lipinski definition) is 3. The molecule has 0 aliphatic carbocycles. The van der Waals surface area contributed by atoms with Crippen LogP contribution < -0.4 is 5.73 Å². The molecule has 1 heterocycles. The Hall–Kier alpha value is -1.68. The van der Waals surface area contributed by atoms with Gasteiger partial charge in [0.1, 0.15) is 11.6 Å². The number of aromatic hydroxyl groups is 1. The predicted octanol–water partition coefficient (Wildman–Crippen LogP) is 2.65. The molecule has 0 amide bonds. The highest BCUT2D eigenvalue weighted by molar-refractivity contribution is 6.33. The summed E-state index contributed by atoms with van der Waals surface area (Å²) >= 11 is 6.22.